The molecule has 1 N–H and O–H groups in total. The Morgan fingerprint density at radius 3 is 2.82 bits per heavy atom. The van der Waals surface area contributed by atoms with Gasteiger partial charge in [-0.15, -0.1) is 0 Å². The number of nitrogens with one attached hydrogen (secondary N) is 1. The molecule has 4 heteroatoms. The molecule has 0 aliphatic heterocycles. The van der Waals surface area contributed by atoms with Gasteiger partial charge in [0.2, 0.25) is 0 Å². The van der Waals surface area contributed by atoms with Gasteiger partial charge in [0.25, 0.3) is 0 Å². The van der Waals surface area contributed by atoms with Gasteiger partial charge in [0.15, 0.2) is 0 Å². The third-order valence-electron chi connectivity index (χ3n) is 2.54. The molecule has 0 fully saturated rings. The van der Waals surface area contributed by atoms with E-state index in [0.717, 1.165) is 44.5 Å². The normalized spacial score (nSPS) is 10.8. The Morgan fingerprint density at radius 1 is 1.29 bits per heavy atom. The minimum Gasteiger partial charge on any atom is -0.383 e. The van der Waals surface area contributed by atoms with Crippen LogP contribution < -0.4 is 5.32 Å². The maximum absolute atomic E-state index is 12.9. The first-order valence-corrected chi connectivity index (χ1v) is 6.25. The van der Waals surface area contributed by atoms with Gasteiger partial charge >= 0.3 is 0 Å². The molecule has 17 heavy (non-hydrogen) atoms. The fourth-order valence-corrected chi connectivity index (χ4v) is 1.78. The molecule has 96 valence electrons. The van der Waals surface area contributed by atoms with E-state index in [1.165, 1.54) is 6.07 Å². The third-order valence-corrected chi connectivity index (χ3v) is 2.83. The van der Waals surface area contributed by atoms with E-state index in [9.17, 15) is 4.39 Å². The molecule has 0 heterocycles. The topological polar surface area (TPSA) is 21.3 Å². The Balaban J connectivity index is 2.11. The zero-order valence-electron chi connectivity index (χ0n) is 10.1. The smallest absolute Gasteiger partial charge is 0.141 e. The van der Waals surface area contributed by atoms with E-state index in [0.29, 0.717) is 0 Å². The van der Waals surface area contributed by atoms with Crippen molar-refractivity contribution in [1.29, 1.82) is 0 Å². The molecule has 0 amide bonds. The molecule has 0 radical (unpaired) electrons. The number of unbranched alkanes of at least 4 members (excludes halogenated alkanes) is 1. The maximum atomic E-state index is 12.9. The largest absolute Gasteiger partial charge is 0.383 e. The van der Waals surface area contributed by atoms with Gasteiger partial charge in [0.05, 0.1) is 11.6 Å². The first kappa shape index (κ1) is 14.4. The van der Waals surface area contributed by atoms with Crippen LogP contribution in [0.3, 0.4) is 0 Å². The SMILES string of the molecule is COCCNCCCCc1ccc(F)c(Cl)c1. The average Bonchev–Trinajstić information content (AvgIpc) is 2.32. The van der Waals surface area contributed by atoms with E-state index < -0.39 is 0 Å². The lowest BCUT2D eigenvalue weighted by atomic mass is 10.1. The first-order valence-electron chi connectivity index (χ1n) is 5.87. The van der Waals surface area contributed by atoms with Crippen LogP contribution in [0.15, 0.2) is 18.2 Å². The Hall–Kier alpha value is -0.640. The molecular formula is C13H19ClFNO. The van der Waals surface area contributed by atoms with Crippen LogP contribution in [0.25, 0.3) is 0 Å². The van der Waals surface area contributed by atoms with Gasteiger partial charge in [0.1, 0.15) is 5.82 Å². The van der Waals surface area contributed by atoms with Crippen molar-refractivity contribution in [3.05, 3.63) is 34.6 Å². The van der Waals surface area contributed by atoms with Crippen molar-refractivity contribution in [2.45, 2.75) is 19.3 Å². The van der Waals surface area contributed by atoms with Crippen molar-refractivity contribution in [3.8, 4) is 0 Å². The summed E-state index contributed by atoms with van der Waals surface area (Å²) >= 11 is 5.71. The second-order valence-electron chi connectivity index (χ2n) is 3.95. The minimum absolute atomic E-state index is 0.209. The van der Waals surface area contributed by atoms with Crippen molar-refractivity contribution < 1.29 is 9.13 Å². The zero-order chi connectivity index (χ0) is 12.5. The Morgan fingerprint density at radius 2 is 2.12 bits per heavy atom. The molecule has 0 aliphatic rings. The number of benzene rings is 1. The average molecular weight is 260 g/mol. The summed E-state index contributed by atoms with van der Waals surface area (Å²) in [5.74, 6) is -0.350. The van der Waals surface area contributed by atoms with Crippen molar-refractivity contribution >= 4 is 11.6 Å². The fraction of sp³-hybridized carbons (Fsp3) is 0.538. The summed E-state index contributed by atoms with van der Waals surface area (Å²) in [4.78, 5) is 0. The number of methoxy groups -OCH3 is 1. The van der Waals surface area contributed by atoms with Crippen LogP contribution in [-0.4, -0.2) is 26.8 Å². The molecule has 0 atom stereocenters. The molecule has 0 saturated carbocycles. The van der Waals surface area contributed by atoms with Crippen LogP contribution in [0.5, 0.6) is 0 Å². The highest BCUT2D eigenvalue weighted by Gasteiger charge is 2.00. The summed E-state index contributed by atoms with van der Waals surface area (Å²) in [5.41, 5.74) is 1.09. The Labute approximate surface area is 107 Å². The summed E-state index contributed by atoms with van der Waals surface area (Å²) in [6.07, 6.45) is 3.10. The summed E-state index contributed by atoms with van der Waals surface area (Å²) in [6.45, 7) is 2.62. The van der Waals surface area contributed by atoms with E-state index in [1.54, 1.807) is 19.2 Å². The monoisotopic (exact) mass is 259 g/mol. The summed E-state index contributed by atoms with van der Waals surface area (Å²) in [7, 11) is 1.69. The third kappa shape index (κ3) is 6.01. The second-order valence-corrected chi connectivity index (χ2v) is 4.36. The zero-order valence-corrected chi connectivity index (χ0v) is 10.9. The number of aryl methyl sites for hydroxylation is 1. The molecule has 0 unspecified atom stereocenters. The molecule has 0 bridgehead atoms. The van der Waals surface area contributed by atoms with E-state index >= 15 is 0 Å². The van der Waals surface area contributed by atoms with Crippen molar-refractivity contribution in [3.63, 3.8) is 0 Å². The van der Waals surface area contributed by atoms with Crippen LogP contribution in [0.4, 0.5) is 4.39 Å². The summed E-state index contributed by atoms with van der Waals surface area (Å²) in [6, 6.07) is 4.92. The lowest BCUT2D eigenvalue weighted by Crippen LogP contribution is -2.20. The quantitative estimate of drug-likeness (QED) is 0.725. The molecule has 0 saturated heterocycles. The van der Waals surface area contributed by atoms with E-state index in [2.05, 4.69) is 5.32 Å². The van der Waals surface area contributed by atoms with Crippen LogP contribution in [-0.2, 0) is 11.2 Å². The lowest BCUT2D eigenvalue weighted by Gasteiger charge is -2.05. The molecule has 0 spiro atoms. The second kappa shape index (κ2) is 8.45. The number of rotatable bonds is 8. The molecule has 1 rings (SSSR count). The van der Waals surface area contributed by atoms with Crippen LogP contribution in [0.2, 0.25) is 5.02 Å². The van der Waals surface area contributed by atoms with Crippen molar-refractivity contribution in [2.75, 3.05) is 26.8 Å². The van der Waals surface area contributed by atoms with Gasteiger partial charge < -0.3 is 10.1 Å². The highest BCUT2D eigenvalue weighted by atomic mass is 35.5. The van der Waals surface area contributed by atoms with Crippen LogP contribution in [0, 0.1) is 5.82 Å². The minimum atomic E-state index is -0.350. The van der Waals surface area contributed by atoms with Gasteiger partial charge in [-0.25, -0.2) is 4.39 Å². The predicted molar refractivity (Wildman–Crippen MR) is 69.1 cm³/mol. The van der Waals surface area contributed by atoms with Crippen molar-refractivity contribution in [2.24, 2.45) is 0 Å². The molecular weight excluding hydrogens is 241 g/mol. The fourth-order valence-electron chi connectivity index (χ4n) is 1.57. The number of hydrogen-bond donors (Lipinski definition) is 1. The van der Waals surface area contributed by atoms with Crippen LogP contribution in [0.1, 0.15) is 18.4 Å². The van der Waals surface area contributed by atoms with Crippen molar-refractivity contribution in [1.82, 2.24) is 5.32 Å². The standard InChI is InChI=1S/C13H19ClFNO/c1-17-9-8-16-7-3-2-4-11-5-6-13(15)12(14)10-11/h5-6,10,16H,2-4,7-9H2,1H3. The van der Waals surface area contributed by atoms with Gasteiger partial charge in [-0.1, -0.05) is 17.7 Å². The number of hydrogen-bond acceptors (Lipinski definition) is 2. The first-order chi connectivity index (χ1) is 8.24. The highest BCUT2D eigenvalue weighted by Crippen LogP contribution is 2.17. The van der Waals surface area contributed by atoms with E-state index in [1.807, 2.05) is 0 Å². The molecule has 0 aliphatic carbocycles. The number of halogens is 2. The predicted octanol–water partition coefficient (Wildman–Crippen LogP) is 3.04. The van der Waals surface area contributed by atoms with Gasteiger partial charge in [-0.3, -0.25) is 0 Å². The lowest BCUT2D eigenvalue weighted by molar-refractivity contribution is 0.199. The Bertz CT molecular complexity index is 333. The molecule has 0 aromatic heterocycles. The van der Waals surface area contributed by atoms with E-state index in [4.69, 9.17) is 16.3 Å². The summed E-state index contributed by atoms with van der Waals surface area (Å²) in [5, 5.41) is 3.49. The van der Waals surface area contributed by atoms with Crippen LogP contribution >= 0.6 is 11.6 Å². The molecule has 1 aromatic carbocycles. The Kier molecular flexibility index (Phi) is 7.17. The maximum Gasteiger partial charge on any atom is 0.141 e. The molecule has 1 aromatic rings. The van der Waals surface area contributed by atoms with Gasteiger partial charge in [0, 0.05) is 13.7 Å². The number of ether oxygens (including phenoxy) is 1. The van der Waals surface area contributed by atoms with Gasteiger partial charge in [-0.2, -0.15) is 0 Å². The van der Waals surface area contributed by atoms with Gasteiger partial charge in [-0.05, 0) is 43.5 Å². The highest BCUT2D eigenvalue weighted by molar-refractivity contribution is 6.30. The molecule has 2 nitrogen and oxygen atoms in total. The summed E-state index contributed by atoms with van der Waals surface area (Å²) < 4.78 is 17.8. The van der Waals surface area contributed by atoms with E-state index in [-0.39, 0.29) is 10.8 Å².